The highest BCUT2D eigenvalue weighted by atomic mass is 16.5. The number of hydrogen-bond donors (Lipinski definition) is 2. The Morgan fingerprint density at radius 3 is 2.89 bits per heavy atom. The van der Waals surface area contributed by atoms with E-state index in [4.69, 9.17) is 10.5 Å². The van der Waals surface area contributed by atoms with Crippen LogP contribution in [0.2, 0.25) is 0 Å². The first-order valence-electron chi connectivity index (χ1n) is 6.07. The number of rotatable bonds is 4. The van der Waals surface area contributed by atoms with Gasteiger partial charge in [0.05, 0.1) is 18.8 Å². The van der Waals surface area contributed by atoms with Gasteiger partial charge in [0.25, 0.3) is 5.56 Å². The maximum Gasteiger partial charge on any atom is 0.251 e. The molecular weight excluding hydrogens is 242 g/mol. The highest BCUT2D eigenvalue weighted by molar-refractivity contribution is 5.31. The van der Waals surface area contributed by atoms with Gasteiger partial charge in [-0.1, -0.05) is 12.1 Å². The topological polar surface area (TPSA) is 81.0 Å². The second-order valence-corrected chi connectivity index (χ2v) is 4.44. The number of H-pyrrole nitrogens is 1. The lowest BCUT2D eigenvalue weighted by molar-refractivity contribution is 0.414. The van der Waals surface area contributed by atoms with E-state index in [2.05, 4.69) is 9.97 Å². The van der Waals surface area contributed by atoms with Gasteiger partial charge < -0.3 is 15.5 Å². The summed E-state index contributed by atoms with van der Waals surface area (Å²) in [5.74, 6) is 1.29. The molecule has 0 bridgehead atoms. The SMILES string of the molecule is COc1cccc(Cc2cc(=O)[nH]c(C(C)N)n2)c1. The molecule has 1 atom stereocenters. The maximum atomic E-state index is 11.6. The van der Waals surface area contributed by atoms with E-state index in [0.29, 0.717) is 17.9 Å². The largest absolute Gasteiger partial charge is 0.497 e. The van der Waals surface area contributed by atoms with Crippen LogP contribution in [0.3, 0.4) is 0 Å². The molecular formula is C14H17N3O2. The summed E-state index contributed by atoms with van der Waals surface area (Å²) in [5, 5.41) is 0. The molecule has 2 rings (SSSR count). The van der Waals surface area contributed by atoms with Gasteiger partial charge in [0, 0.05) is 12.5 Å². The lowest BCUT2D eigenvalue weighted by Crippen LogP contribution is -2.18. The van der Waals surface area contributed by atoms with Crippen molar-refractivity contribution in [3.8, 4) is 5.75 Å². The average Bonchev–Trinajstić information content (AvgIpc) is 2.38. The van der Waals surface area contributed by atoms with Crippen LogP contribution in [0.4, 0.5) is 0 Å². The molecule has 0 aliphatic heterocycles. The van der Waals surface area contributed by atoms with Crippen LogP contribution in [0.15, 0.2) is 35.1 Å². The normalized spacial score (nSPS) is 12.2. The van der Waals surface area contributed by atoms with Crippen molar-refractivity contribution < 1.29 is 4.74 Å². The van der Waals surface area contributed by atoms with E-state index in [1.54, 1.807) is 14.0 Å². The molecule has 3 N–H and O–H groups in total. The molecule has 2 aromatic rings. The molecule has 1 aromatic heterocycles. The molecule has 0 saturated heterocycles. The molecule has 0 fully saturated rings. The third kappa shape index (κ3) is 3.42. The highest BCUT2D eigenvalue weighted by Gasteiger charge is 2.06. The minimum atomic E-state index is -0.294. The lowest BCUT2D eigenvalue weighted by atomic mass is 10.1. The van der Waals surface area contributed by atoms with Gasteiger partial charge in [-0.2, -0.15) is 0 Å². The van der Waals surface area contributed by atoms with Crippen LogP contribution in [0.5, 0.6) is 5.75 Å². The number of nitrogens with zero attached hydrogens (tertiary/aromatic N) is 1. The summed E-state index contributed by atoms with van der Waals surface area (Å²) in [6.45, 7) is 1.79. The number of aromatic nitrogens is 2. The minimum absolute atomic E-state index is 0.180. The molecule has 19 heavy (non-hydrogen) atoms. The Labute approximate surface area is 111 Å². The first-order valence-corrected chi connectivity index (χ1v) is 6.07. The molecule has 0 amide bonds. The second kappa shape index (κ2) is 5.67. The van der Waals surface area contributed by atoms with Gasteiger partial charge in [-0.3, -0.25) is 4.79 Å². The molecule has 1 aromatic carbocycles. The average molecular weight is 259 g/mol. The number of nitrogens with one attached hydrogen (secondary N) is 1. The Kier molecular flexibility index (Phi) is 3.97. The van der Waals surface area contributed by atoms with Gasteiger partial charge in [-0.25, -0.2) is 4.98 Å². The van der Waals surface area contributed by atoms with Crippen molar-refractivity contribution in [1.29, 1.82) is 0 Å². The molecule has 5 heteroatoms. The van der Waals surface area contributed by atoms with E-state index in [0.717, 1.165) is 11.3 Å². The number of hydrogen-bond acceptors (Lipinski definition) is 4. The van der Waals surface area contributed by atoms with Crippen molar-refractivity contribution in [3.63, 3.8) is 0 Å². The summed E-state index contributed by atoms with van der Waals surface area (Å²) in [4.78, 5) is 18.6. The zero-order valence-electron chi connectivity index (χ0n) is 11.0. The summed E-state index contributed by atoms with van der Waals surface area (Å²) in [7, 11) is 1.62. The zero-order valence-corrected chi connectivity index (χ0v) is 11.0. The van der Waals surface area contributed by atoms with Crippen LogP contribution in [0.25, 0.3) is 0 Å². The van der Waals surface area contributed by atoms with E-state index in [1.807, 2.05) is 24.3 Å². The van der Waals surface area contributed by atoms with Gasteiger partial charge in [-0.05, 0) is 24.6 Å². The van der Waals surface area contributed by atoms with Crippen LogP contribution in [-0.2, 0) is 6.42 Å². The highest BCUT2D eigenvalue weighted by Crippen LogP contribution is 2.15. The van der Waals surface area contributed by atoms with Crippen LogP contribution < -0.4 is 16.0 Å². The number of benzene rings is 1. The van der Waals surface area contributed by atoms with Gasteiger partial charge in [0.2, 0.25) is 0 Å². The monoisotopic (exact) mass is 259 g/mol. The fourth-order valence-corrected chi connectivity index (χ4v) is 1.83. The molecule has 1 heterocycles. The Morgan fingerprint density at radius 1 is 1.42 bits per heavy atom. The van der Waals surface area contributed by atoms with Crippen molar-refractivity contribution >= 4 is 0 Å². The molecule has 0 radical (unpaired) electrons. The quantitative estimate of drug-likeness (QED) is 0.869. The van der Waals surface area contributed by atoms with E-state index < -0.39 is 0 Å². The van der Waals surface area contributed by atoms with Crippen molar-refractivity contribution in [2.75, 3.05) is 7.11 Å². The predicted molar refractivity (Wildman–Crippen MR) is 73.3 cm³/mol. The Bertz CT molecular complexity index is 620. The Hall–Kier alpha value is -2.14. The second-order valence-electron chi connectivity index (χ2n) is 4.44. The van der Waals surface area contributed by atoms with Crippen LogP contribution in [-0.4, -0.2) is 17.1 Å². The maximum absolute atomic E-state index is 11.6. The Balaban J connectivity index is 2.29. The smallest absolute Gasteiger partial charge is 0.251 e. The fraction of sp³-hybridized carbons (Fsp3) is 0.286. The van der Waals surface area contributed by atoms with E-state index in [9.17, 15) is 4.79 Å². The molecule has 5 nitrogen and oxygen atoms in total. The fourth-order valence-electron chi connectivity index (χ4n) is 1.83. The van der Waals surface area contributed by atoms with Gasteiger partial charge in [-0.15, -0.1) is 0 Å². The van der Waals surface area contributed by atoms with Crippen LogP contribution in [0.1, 0.15) is 30.0 Å². The molecule has 0 aliphatic carbocycles. The predicted octanol–water partition coefficient (Wildman–Crippen LogP) is 1.39. The minimum Gasteiger partial charge on any atom is -0.497 e. The molecule has 100 valence electrons. The van der Waals surface area contributed by atoms with Crippen LogP contribution in [0, 0.1) is 0 Å². The van der Waals surface area contributed by atoms with Crippen molar-refractivity contribution in [2.24, 2.45) is 5.73 Å². The van der Waals surface area contributed by atoms with Gasteiger partial charge in [0.15, 0.2) is 0 Å². The molecule has 0 aliphatic rings. The summed E-state index contributed by atoms with van der Waals surface area (Å²) in [6.07, 6.45) is 0.570. The van der Waals surface area contributed by atoms with E-state index >= 15 is 0 Å². The third-order valence-corrected chi connectivity index (χ3v) is 2.76. The van der Waals surface area contributed by atoms with Crippen molar-refractivity contribution in [3.05, 3.63) is 57.8 Å². The van der Waals surface area contributed by atoms with E-state index in [1.165, 1.54) is 6.07 Å². The number of methoxy groups -OCH3 is 1. The first-order chi connectivity index (χ1) is 9.08. The summed E-state index contributed by atoms with van der Waals surface area (Å²) in [6, 6.07) is 8.88. The number of nitrogens with two attached hydrogens (primary N) is 1. The van der Waals surface area contributed by atoms with Crippen LogP contribution >= 0.6 is 0 Å². The molecule has 0 saturated carbocycles. The van der Waals surface area contributed by atoms with Crippen molar-refractivity contribution in [1.82, 2.24) is 9.97 Å². The lowest BCUT2D eigenvalue weighted by Gasteiger charge is -2.08. The van der Waals surface area contributed by atoms with Gasteiger partial charge >= 0.3 is 0 Å². The number of aromatic amines is 1. The standard InChI is InChI=1S/C14H17N3O2/c1-9(15)14-16-11(8-13(18)17-14)6-10-4-3-5-12(7-10)19-2/h3-5,7-9H,6,15H2,1-2H3,(H,16,17,18). The summed E-state index contributed by atoms with van der Waals surface area (Å²) < 4.78 is 5.17. The summed E-state index contributed by atoms with van der Waals surface area (Å²) in [5.41, 5.74) is 7.29. The Morgan fingerprint density at radius 2 is 2.21 bits per heavy atom. The van der Waals surface area contributed by atoms with E-state index in [-0.39, 0.29) is 11.6 Å². The first kappa shape index (κ1) is 13.3. The third-order valence-electron chi connectivity index (χ3n) is 2.76. The molecule has 1 unspecified atom stereocenters. The molecule has 0 spiro atoms. The van der Waals surface area contributed by atoms with Gasteiger partial charge in [0.1, 0.15) is 11.6 Å². The zero-order chi connectivity index (χ0) is 13.8. The van der Waals surface area contributed by atoms with Crippen molar-refractivity contribution in [2.45, 2.75) is 19.4 Å². The summed E-state index contributed by atoms with van der Waals surface area (Å²) >= 11 is 0. The number of ether oxygens (including phenoxy) is 1.